The van der Waals surface area contributed by atoms with Crippen LogP contribution >= 0.6 is 0 Å². The van der Waals surface area contributed by atoms with Gasteiger partial charge in [-0.05, 0) is 47.3 Å². The van der Waals surface area contributed by atoms with Crippen LogP contribution in [0.4, 0.5) is 10.1 Å². The number of fused-ring (bicyclic) bond motifs is 1. The molecule has 3 nitrogen and oxygen atoms in total. The highest BCUT2D eigenvalue weighted by molar-refractivity contribution is 5.93. The van der Waals surface area contributed by atoms with Crippen LogP contribution in [0.3, 0.4) is 0 Å². The van der Waals surface area contributed by atoms with Crippen molar-refractivity contribution in [3.8, 4) is 0 Å². The molecule has 2 N–H and O–H groups in total. The van der Waals surface area contributed by atoms with Gasteiger partial charge in [-0.3, -0.25) is 4.79 Å². The summed E-state index contributed by atoms with van der Waals surface area (Å²) in [6, 6.07) is 13.7. The standard InChI is InChI=1S/C16H13FN2O/c17-13-2-1-3-14(10-13)19-16(20)9-11-4-5-15-12(8-11)6-7-18-15/h1-8,10,18H,9H2,(H,19,20). The lowest BCUT2D eigenvalue weighted by molar-refractivity contribution is -0.115. The third-order valence-corrected chi connectivity index (χ3v) is 3.09. The predicted octanol–water partition coefficient (Wildman–Crippen LogP) is 3.49. The Labute approximate surface area is 115 Å². The molecule has 0 fully saturated rings. The van der Waals surface area contributed by atoms with Crippen LogP contribution in [-0.4, -0.2) is 10.9 Å². The van der Waals surface area contributed by atoms with E-state index in [1.54, 1.807) is 12.1 Å². The Balaban J connectivity index is 1.72. The lowest BCUT2D eigenvalue weighted by Gasteiger charge is -2.05. The van der Waals surface area contributed by atoms with Gasteiger partial charge in [0.2, 0.25) is 5.91 Å². The zero-order valence-electron chi connectivity index (χ0n) is 10.7. The number of carbonyl (C=O) groups excluding carboxylic acids is 1. The summed E-state index contributed by atoms with van der Waals surface area (Å²) in [6.07, 6.45) is 2.12. The minimum absolute atomic E-state index is 0.162. The SMILES string of the molecule is O=C(Cc1ccc2[nH]ccc2c1)Nc1cccc(F)c1. The van der Waals surface area contributed by atoms with Crippen molar-refractivity contribution in [2.24, 2.45) is 0 Å². The van der Waals surface area contributed by atoms with Gasteiger partial charge in [-0.25, -0.2) is 4.39 Å². The molecule has 3 rings (SSSR count). The maximum absolute atomic E-state index is 13.0. The van der Waals surface area contributed by atoms with Gasteiger partial charge in [-0.2, -0.15) is 0 Å². The van der Waals surface area contributed by atoms with Crippen LogP contribution in [0.15, 0.2) is 54.7 Å². The maximum Gasteiger partial charge on any atom is 0.228 e. The summed E-state index contributed by atoms with van der Waals surface area (Å²) in [5.41, 5.74) is 2.43. The molecule has 1 heterocycles. The molecule has 0 radical (unpaired) electrons. The normalized spacial score (nSPS) is 10.7. The number of anilines is 1. The molecule has 0 atom stereocenters. The van der Waals surface area contributed by atoms with Crippen LogP contribution in [0, 0.1) is 5.82 Å². The van der Waals surface area contributed by atoms with E-state index in [4.69, 9.17) is 0 Å². The number of hydrogen-bond acceptors (Lipinski definition) is 1. The van der Waals surface area contributed by atoms with E-state index in [9.17, 15) is 9.18 Å². The molecule has 0 saturated heterocycles. The molecular weight excluding hydrogens is 255 g/mol. The number of hydrogen-bond donors (Lipinski definition) is 2. The molecule has 100 valence electrons. The molecule has 0 aliphatic heterocycles. The molecule has 0 spiro atoms. The van der Waals surface area contributed by atoms with Crippen LogP contribution in [0.25, 0.3) is 10.9 Å². The number of aromatic nitrogens is 1. The quantitative estimate of drug-likeness (QED) is 0.750. The maximum atomic E-state index is 13.0. The molecule has 3 aromatic rings. The number of benzene rings is 2. The summed E-state index contributed by atoms with van der Waals surface area (Å²) in [4.78, 5) is 15.0. The molecule has 0 aliphatic carbocycles. The van der Waals surface area contributed by atoms with E-state index in [1.165, 1.54) is 12.1 Å². The molecule has 0 bridgehead atoms. The predicted molar refractivity (Wildman–Crippen MR) is 77.0 cm³/mol. The Hall–Kier alpha value is -2.62. The second-order valence-corrected chi connectivity index (χ2v) is 4.63. The lowest BCUT2D eigenvalue weighted by Crippen LogP contribution is -2.14. The van der Waals surface area contributed by atoms with Crippen molar-refractivity contribution >= 4 is 22.5 Å². The monoisotopic (exact) mass is 268 g/mol. The highest BCUT2D eigenvalue weighted by atomic mass is 19.1. The molecule has 0 unspecified atom stereocenters. The van der Waals surface area contributed by atoms with Crippen molar-refractivity contribution in [2.45, 2.75) is 6.42 Å². The minimum Gasteiger partial charge on any atom is -0.361 e. The van der Waals surface area contributed by atoms with Crippen LogP contribution < -0.4 is 5.32 Å². The molecule has 4 heteroatoms. The highest BCUT2D eigenvalue weighted by Gasteiger charge is 2.06. The average molecular weight is 268 g/mol. The van der Waals surface area contributed by atoms with Gasteiger partial charge >= 0.3 is 0 Å². The number of halogens is 1. The van der Waals surface area contributed by atoms with Crippen molar-refractivity contribution in [1.29, 1.82) is 0 Å². The Morgan fingerprint density at radius 2 is 2.05 bits per heavy atom. The first-order valence-electron chi connectivity index (χ1n) is 6.32. The summed E-state index contributed by atoms with van der Waals surface area (Å²) in [5.74, 6) is -0.526. The molecule has 1 amide bonds. The molecule has 1 aromatic heterocycles. The van der Waals surface area contributed by atoms with Crippen LogP contribution in [0.1, 0.15) is 5.56 Å². The third kappa shape index (κ3) is 2.69. The van der Waals surface area contributed by atoms with E-state index in [1.807, 2.05) is 30.5 Å². The van der Waals surface area contributed by atoms with E-state index >= 15 is 0 Å². The fourth-order valence-corrected chi connectivity index (χ4v) is 2.17. The van der Waals surface area contributed by atoms with Crippen LogP contribution in [-0.2, 0) is 11.2 Å². The summed E-state index contributed by atoms with van der Waals surface area (Å²) in [5, 5.41) is 3.76. The van der Waals surface area contributed by atoms with Crippen molar-refractivity contribution < 1.29 is 9.18 Å². The number of H-pyrrole nitrogens is 1. The number of carbonyl (C=O) groups is 1. The van der Waals surface area contributed by atoms with E-state index < -0.39 is 0 Å². The van der Waals surface area contributed by atoms with Gasteiger partial charge in [-0.15, -0.1) is 0 Å². The summed E-state index contributed by atoms with van der Waals surface area (Å²) >= 11 is 0. The molecule has 20 heavy (non-hydrogen) atoms. The average Bonchev–Trinajstić information content (AvgIpc) is 2.86. The van der Waals surface area contributed by atoms with Gasteiger partial charge in [0, 0.05) is 17.4 Å². The van der Waals surface area contributed by atoms with Crippen molar-refractivity contribution in [1.82, 2.24) is 4.98 Å². The largest absolute Gasteiger partial charge is 0.361 e. The first-order chi connectivity index (χ1) is 9.70. The molecule has 2 aromatic carbocycles. The fraction of sp³-hybridized carbons (Fsp3) is 0.0625. The minimum atomic E-state index is -0.364. The van der Waals surface area contributed by atoms with Crippen molar-refractivity contribution in [2.75, 3.05) is 5.32 Å². The van der Waals surface area contributed by atoms with Gasteiger partial charge in [0.05, 0.1) is 6.42 Å². The van der Waals surface area contributed by atoms with Gasteiger partial charge in [-0.1, -0.05) is 12.1 Å². The highest BCUT2D eigenvalue weighted by Crippen LogP contribution is 2.15. The first kappa shape index (κ1) is 12.4. The zero-order valence-corrected chi connectivity index (χ0v) is 10.7. The summed E-state index contributed by atoms with van der Waals surface area (Å²) in [6.45, 7) is 0. The Morgan fingerprint density at radius 3 is 2.90 bits per heavy atom. The lowest BCUT2D eigenvalue weighted by atomic mass is 10.1. The smallest absolute Gasteiger partial charge is 0.228 e. The summed E-state index contributed by atoms with van der Waals surface area (Å²) < 4.78 is 13.0. The van der Waals surface area contributed by atoms with Crippen LogP contribution in [0.5, 0.6) is 0 Å². The first-order valence-corrected chi connectivity index (χ1v) is 6.32. The number of amides is 1. The van der Waals surface area contributed by atoms with E-state index in [2.05, 4.69) is 10.3 Å². The van der Waals surface area contributed by atoms with Gasteiger partial charge < -0.3 is 10.3 Å². The topological polar surface area (TPSA) is 44.9 Å². The van der Waals surface area contributed by atoms with E-state index in [0.717, 1.165) is 16.5 Å². The second kappa shape index (κ2) is 5.17. The van der Waals surface area contributed by atoms with Gasteiger partial charge in [0.15, 0.2) is 0 Å². The van der Waals surface area contributed by atoms with Crippen molar-refractivity contribution in [3.63, 3.8) is 0 Å². The van der Waals surface area contributed by atoms with Crippen molar-refractivity contribution in [3.05, 3.63) is 66.1 Å². The molecule has 0 saturated carbocycles. The molecular formula is C16H13FN2O. The fourth-order valence-electron chi connectivity index (χ4n) is 2.17. The number of aromatic amines is 1. The summed E-state index contributed by atoms with van der Waals surface area (Å²) in [7, 11) is 0. The van der Waals surface area contributed by atoms with Crippen LogP contribution in [0.2, 0.25) is 0 Å². The van der Waals surface area contributed by atoms with Gasteiger partial charge in [0.1, 0.15) is 5.82 Å². The van der Waals surface area contributed by atoms with Gasteiger partial charge in [0.25, 0.3) is 0 Å². The zero-order chi connectivity index (χ0) is 13.9. The Morgan fingerprint density at radius 1 is 1.15 bits per heavy atom. The Kier molecular flexibility index (Phi) is 3.21. The third-order valence-electron chi connectivity index (χ3n) is 3.09. The van der Waals surface area contributed by atoms with E-state index in [-0.39, 0.29) is 18.1 Å². The molecule has 0 aliphatic rings. The Bertz CT molecular complexity index is 764. The van der Waals surface area contributed by atoms with E-state index in [0.29, 0.717) is 5.69 Å². The number of nitrogens with one attached hydrogen (secondary N) is 2. The number of rotatable bonds is 3. The second-order valence-electron chi connectivity index (χ2n) is 4.63.